The highest BCUT2D eigenvalue weighted by Gasteiger charge is 2.21. The Balaban J connectivity index is 2.73. The Bertz CT molecular complexity index is 548. The minimum absolute atomic E-state index is 0.223. The van der Waals surface area contributed by atoms with Crippen molar-refractivity contribution in [2.45, 2.75) is 39.1 Å². The Morgan fingerprint density at radius 1 is 1.39 bits per heavy atom. The molecule has 1 unspecified atom stereocenters. The van der Waals surface area contributed by atoms with Crippen molar-refractivity contribution in [3.63, 3.8) is 0 Å². The van der Waals surface area contributed by atoms with E-state index in [-0.39, 0.29) is 11.9 Å². The molecule has 18 heavy (non-hydrogen) atoms. The van der Waals surface area contributed by atoms with Crippen LogP contribution in [0, 0.1) is 11.7 Å². The minimum Gasteiger partial charge on any atom is -0.321 e. The summed E-state index contributed by atoms with van der Waals surface area (Å²) in [7, 11) is 0. The number of hydrogen-bond acceptors (Lipinski definition) is 1. The van der Waals surface area contributed by atoms with Gasteiger partial charge in [0.25, 0.3) is 0 Å². The van der Waals surface area contributed by atoms with E-state index in [0.29, 0.717) is 22.8 Å². The lowest BCUT2D eigenvalue weighted by Gasteiger charge is -2.23. The van der Waals surface area contributed by atoms with E-state index in [2.05, 4.69) is 25.8 Å². The smallest absolute Gasteiger partial charge is 0.149 e. The van der Waals surface area contributed by atoms with Crippen LogP contribution in [0.4, 0.5) is 4.39 Å². The van der Waals surface area contributed by atoms with Crippen molar-refractivity contribution in [1.29, 1.82) is 0 Å². The van der Waals surface area contributed by atoms with Gasteiger partial charge in [0.05, 0.1) is 11.4 Å². The van der Waals surface area contributed by atoms with Gasteiger partial charge in [-0.25, -0.2) is 9.37 Å². The molecular formula is C14H18ClFN2. The molecule has 1 atom stereocenters. The SMILES string of the molecule is CCC(C(C)C)n1c(CCl)nc2cccc(F)c21. The van der Waals surface area contributed by atoms with E-state index in [1.165, 1.54) is 6.07 Å². The zero-order valence-corrected chi connectivity index (χ0v) is 11.7. The second-order valence-corrected chi connectivity index (χ2v) is 5.13. The van der Waals surface area contributed by atoms with Gasteiger partial charge in [-0.05, 0) is 24.5 Å². The molecule has 2 rings (SSSR count). The van der Waals surface area contributed by atoms with Gasteiger partial charge in [0.2, 0.25) is 0 Å². The fourth-order valence-electron chi connectivity index (χ4n) is 2.56. The van der Waals surface area contributed by atoms with E-state index < -0.39 is 0 Å². The minimum atomic E-state index is -0.226. The summed E-state index contributed by atoms with van der Waals surface area (Å²) < 4.78 is 16.0. The number of imidazole rings is 1. The second kappa shape index (κ2) is 5.27. The normalized spacial score (nSPS) is 13.4. The summed E-state index contributed by atoms with van der Waals surface area (Å²) in [6.45, 7) is 6.38. The van der Waals surface area contributed by atoms with Crippen LogP contribution in [0.5, 0.6) is 0 Å². The summed E-state index contributed by atoms with van der Waals surface area (Å²) >= 11 is 5.96. The number of hydrogen-bond donors (Lipinski definition) is 0. The molecule has 4 heteroatoms. The molecule has 2 aromatic rings. The lowest BCUT2D eigenvalue weighted by Crippen LogP contribution is -2.17. The number of nitrogens with zero attached hydrogens (tertiary/aromatic N) is 2. The monoisotopic (exact) mass is 268 g/mol. The first kappa shape index (κ1) is 13.3. The van der Waals surface area contributed by atoms with E-state index in [4.69, 9.17) is 11.6 Å². The van der Waals surface area contributed by atoms with E-state index in [9.17, 15) is 4.39 Å². The van der Waals surface area contributed by atoms with E-state index in [1.807, 2.05) is 10.6 Å². The number of aromatic nitrogens is 2. The van der Waals surface area contributed by atoms with Crippen LogP contribution >= 0.6 is 11.6 Å². The van der Waals surface area contributed by atoms with E-state index >= 15 is 0 Å². The average Bonchev–Trinajstić information content (AvgIpc) is 2.70. The van der Waals surface area contributed by atoms with Gasteiger partial charge in [-0.15, -0.1) is 11.6 Å². The maximum Gasteiger partial charge on any atom is 0.149 e. The molecular weight excluding hydrogens is 251 g/mol. The zero-order chi connectivity index (χ0) is 13.3. The molecule has 0 radical (unpaired) electrons. The van der Waals surface area contributed by atoms with Crippen LogP contribution in [-0.2, 0) is 5.88 Å². The standard InChI is InChI=1S/C14H18ClFN2/c1-4-12(9(2)3)18-13(8-15)17-11-7-5-6-10(16)14(11)18/h5-7,9,12H,4,8H2,1-3H3. The number of para-hydroxylation sites is 1. The van der Waals surface area contributed by atoms with Crippen molar-refractivity contribution in [3.8, 4) is 0 Å². The molecule has 0 amide bonds. The largest absolute Gasteiger partial charge is 0.321 e. The third kappa shape index (κ3) is 2.12. The molecule has 98 valence electrons. The lowest BCUT2D eigenvalue weighted by atomic mass is 10.0. The molecule has 1 heterocycles. The summed E-state index contributed by atoms with van der Waals surface area (Å²) in [5.74, 6) is 1.24. The van der Waals surface area contributed by atoms with Gasteiger partial charge in [0.1, 0.15) is 17.2 Å². The Labute approximate surface area is 112 Å². The van der Waals surface area contributed by atoms with Gasteiger partial charge in [-0.1, -0.05) is 26.8 Å². The predicted molar refractivity (Wildman–Crippen MR) is 73.4 cm³/mol. The van der Waals surface area contributed by atoms with Gasteiger partial charge in [0.15, 0.2) is 0 Å². The number of benzene rings is 1. The molecule has 0 aliphatic heterocycles. The number of rotatable bonds is 4. The molecule has 0 saturated carbocycles. The van der Waals surface area contributed by atoms with Gasteiger partial charge in [-0.2, -0.15) is 0 Å². The summed E-state index contributed by atoms with van der Waals surface area (Å²) in [4.78, 5) is 4.43. The highest BCUT2D eigenvalue weighted by atomic mass is 35.5. The van der Waals surface area contributed by atoms with Crippen molar-refractivity contribution in [3.05, 3.63) is 29.8 Å². The first-order chi connectivity index (χ1) is 8.60. The van der Waals surface area contributed by atoms with Crippen LogP contribution in [0.15, 0.2) is 18.2 Å². The maximum atomic E-state index is 14.1. The summed E-state index contributed by atoms with van der Waals surface area (Å²) in [6.07, 6.45) is 0.932. The lowest BCUT2D eigenvalue weighted by molar-refractivity contribution is 0.364. The van der Waals surface area contributed by atoms with Crippen molar-refractivity contribution in [2.24, 2.45) is 5.92 Å². The molecule has 1 aromatic carbocycles. The summed E-state index contributed by atoms with van der Waals surface area (Å²) in [5.41, 5.74) is 1.26. The topological polar surface area (TPSA) is 17.8 Å². The third-order valence-corrected chi connectivity index (χ3v) is 3.61. The second-order valence-electron chi connectivity index (χ2n) is 4.86. The molecule has 2 nitrogen and oxygen atoms in total. The molecule has 0 N–H and O–H groups in total. The van der Waals surface area contributed by atoms with Gasteiger partial charge in [-0.3, -0.25) is 0 Å². The molecule has 0 aliphatic carbocycles. The van der Waals surface area contributed by atoms with Gasteiger partial charge in [0, 0.05) is 6.04 Å². The Morgan fingerprint density at radius 3 is 2.67 bits per heavy atom. The molecule has 0 bridgehead atoms. The van der Waals surface area contributed by atoms with Crippen LogP contribution in [0.1, 0.15) is 39.1 Å². The fourth-order valence-corrected chi connectivity index (χ4v) is 2.75. The van der Waals surface area contributed by atoms with Gasteiger partial charge >= 0.3 is 0 Å². The third-order valence-electron chi connectivity index (χ3n) is 3.37. The first-order valence-electron chi connectivity index (χ1n) is 6.31. The van der Waals surface area contributed by atoms with Crippen molar-refractivity contribution in [1.82, 2.24) is 9.55 Å². The number of fused-ring (bicyclic) bond motifs is 1. The van der Waals surface area contributed by atoms with Crippen molar-refractivity contribution in [2.75, 3.05) is 0 Å². The predicted octanol–water partition coefficient (Wildman–Crippen LogP) is 4.52. The fraction of sp³-hybridized carbons (Fsp3) is 0.500. The highest BCUT2D eigenvalue weighted by molar-refractivity contribution is 6.16. The van der Waals surface area contributed by atoms with E-state index in [1.54, 1.807) is 6.07 Å². The van der Waals surface area contributed by atoms with Crippen LogP contribution in [0.25, 0.3) is 11.0 Å². The molecule has 0 aliphatic rings. The maximum absolute atomic E-state index is 14.1. The Hall–Kier alpha value is -1.09. The quantitative estimate of drug-likeness (QED) is 0.746. The Kier molecular flexibility index (Phi) is 3.91. The van der Waals surface area contributed by atoms with Crippen LogP contribution in [0.2, 0.25) is 0 Å². The molecule has 0 fully saturated rings. The first-order valence-corrected chi connectivity index (χ1v) is 6.84. The molecule has 1 aromatic heterocycles. The van der Waals surface area contributed by atoms with Crippen molar-refractivity contribution < 1.29 is 4.39 Å². The highest BCUT2D eigenvalue weighted by Crippen LogP contribution is 2.30. The zero-order valence-electron chi connectivity index (χ0n) is 11.0. The van der Waals surface area contributed by atoms with E-state index in [0.717, 1.165) is 12.2 Å². The van der Waals surface area contributed by atoms with Crippen LogP contribution in [0.3, 0.4) is 0 Å². The molecule has 0 saturated heterocycles. The summed E-state index contributed by atoms with van der Waals surface area (Å²) in [5, 5.41) is 0. The average molecular weight is 269 g/mol. The van der Waals surface area contributed by atoms with Crippen LogP contribution < -0.4 is 0 Å². The Morgan fingerprint density at radius 2 is 2.11 bits per heavy atom. The van der Waals surface area contributed by atoms with Crippen molar-refractivity contribution >= 4 is 22.6 Å². The summed E-state index contributed by atoms with van der Waals surface area (Å²) in [6, 6.07) is 5.22. The van der Waals surface area contributed by atoms with Crippen LogP contribution in [-0.4, -0.2) is 9.55 Å². The number of halogens is 2. The number of alkyl halides is 1. The van der Waals surface area contributed by atoms with Gasteiger partial charge < -0.3 is 4.57 Å². The molecule has 0 spiro atoms.